The predicted octanol–water partition coefficient (Wildman–Crippen LogP) is 1.01. The number of carbonyl (C=O) groups is 1. The average Bonchev–Trinajstić information content (AvgIpc) is 2.15. The van der Waals surface area contributed by atoms with Gasteiger partial charge in [0.2, 0.25) is 0 Å². The van der Waals surface area contributed by atoms with Crippen molar-refractivity contribution in [2.75, 3.05) is 0 Å². The molecule has 0 unspecified atom stereocenters. The Labute approximate surface area is 92.8 Å². The van der Waals surface area contributed by atoms with Crippen molar-refractivity contribution in [3.63, 3.8) is 0 Å². The first kappa shape index (κ1) is 13.2. The van der Waals surface area contributed by atoms with Crippen molar-refractivity contribution in [1.82, 2.24) is 4.98 Å². The van der Waals surface area contributed by atoms with E-state index in [1.54, 1.807) is 0 Å². The number of halogens is 3. The van der Waals surface area contributed by atoms with E-state index in [2.05, 4.69) is 9.17 Å². The second-order valence-corrected chi connectivity index (χ2v) is 4.24. The Bertz CT molecular complexity index is 539. The van der Waals surface area contributed by atoms with E-state index < -0.39 is 32.9 Å². The number of carboxylic acids is 1. The van der Waals surface area contributed by atoms with Gasteiger partial charge in [-0.25, -0.2) is 4.79 Å². The van der Waals surface area contributed by atoms with Gasteiger partial charge in [-0.2, -0.15) is 21.6 Å². The van der Waals surface area contributed by atoms with E-state index in [-0.39, 0.29) is 0 Å². The smallest absolute Gasteiger partial charge is 0.478 e. The topological polar surface area (TPSA) is 93.6 Å². The highest BCUT2D eigenvalue weighted by molar-refractivity contribution is 7.87. The maximum absolute atomic E-state index is 11.9. The highest BCUT2D eigenvalue weighted by Gasteiger charge is 2.48. The van der Waals surface area contributed by atoms with Crippen LogP contribution in [-0.2, 0) is 10.1 Å². The van der Waals surface area contributed by atoms with E-state index >= 15 is 0 Å². The van der Waals surface area contributed by atoms with Crippen LogP contribution in [0.5, 0.6) is 5.75 Å². The number of rotatable bonds is 3. The van der Waals surface area contributed by atoms with Gasteiger partial charge in [-0.05, 0) is 6.07 Å². The molecule has 0 atom stereocenters. The lowest BCUT2D eigenvalue weighted by Gasteiger charge is -2.08. The van der Waals surface area contributed by atoms with Gasteiger partial charge in [-0.15, -0.1) is 0 Å². The molecule has 1 N–H and O–H groups in total. The van der Waals surface area contributed by atoms with Crippen molar-refractivity contribution in [2.24, 2.45) is 0 Å². The standard InChI is InChI=1S/C7H4F3NO5S/c8-7(9,10)17(14,15)16-5-1-4(6(12)13)2-11-3-5/h1-3H,(H,12,13). The summed E-state index contributed by atoms with van der Waals surface area (Å²) in [6.07, 6.45) is 1.48. The van der Waals surface area contributed by atoms with Crippen LogP contribution in [0.25, 0.3) is 0 Å². The Morgan fingerprint density at radius 1 is 1.35 bits per heavy atom. The number of pyridine rings is 1. The number of hydrogen-bond donors (Lipinski definition) is 1. The van der Waals surface area contributed by atoms with Crippen LogP contribution in [0.1, 0.15) is 10.4 Å². The number of alkyl halides is 3. The predicted molar refractivity (Wildman–Crippen MR) is 46.8 cm³/mol. The molecular weight excluding hydrogens is 267 g/mol. The maximum atomic E-state index is 11.9. The molecular formula is C7H4F3NO5S. The van der Waals surface area contributed by atoms with Crippen molar-refractivity contribution < 1.29 is 35.7 Å². The summed E-state index contributed by atoms with van der Waals surface area (Å²) in [5.41, 5.74) is -6.09. The number of hydrogen-bond acceptors (Lipinski definition) is 5. The fraction of sp³-hybridized carbons (Fsp3) is 0.143. The fourth-order valence-corrected chi connectivity index (χ4v) is 1.19. The van der Waals surface area contributed by atoms with Crippen LogP contribution in [-0.4, -0.2) is 30.0 Å². The minimum atomic E-state index is -5.83. The first-order chi connectivity index (χ1) is 7.63. The molecule has 0 aliphatic heterocycles. The van der Waals surface area contributed by atoms with E-state index in [0.717, 1.165) is 6.20 Å². The summed E-state index contributed by atoms with van der Waals surface area (Å²) in [7, 11) is -5.83. The fourth-order valence-electron chi connectivity index (χ4n) is 0.755. The number of nitrogens with zero attached hydrogens (tertiary/aromatic N) is 1. The SMILES string of the molecule is O=C(O)c1cncc(OS(=O)(=O)C(F)(F)F)c1. The van der Waals surface area contributed by atoms with Gasteiger partial charge in [-0.1, -0.05) is 0 Å². The van der Waals surface area contributed by atoms with Gasteiger partial charge in [0, 0.05) is 6.20 Å². The monoisotopic (exact) mass is 271 g/mol. The lowest BCUT2D eigenvalue weighted by molar-refractivity contribution is -0.0500. The number of carboxylic acid groups (broad SMARTS) is 1. The summed E-state index contributed by atoms with van der Waals surface area (Å²) < 4.78 is 60.6. The molecule has 10 heteroatoms. The van der Waals surface area contributed by atoms with Crippen LogP contribution in [0.3, 0.4) is 0 Å². The van der Waals surface area contributed by atoms with Gasteiger partial charge in [0.1, 0.15) is 0 Å². The molecule has 0 aliphatic rings. The van der Waals surface area contributed by atoms with Crippen LogP contribution in [0, 0.1) is 0 Å². The van der Waals surface area contributed by atoms with Crippen LogP contribution in [0.2, 0.25) is 0 Å². The zero-order valence-corrected chi connectivity index (χ0v) is 8.62. The zero-order chi connectivity index (χ0) is 13.3. The number of aromatic carboxylic acids is 1. The molecule has 6 nitrogen and oxygen atoms in total. The van der Waals surface area contributed by atoms with Crippen LogP contribution in [0.4, 0.5) is 13.2 Å². The molecule has 1 heterocycles. The van der Waals surface area contributed by atoms with Crippen LogP contribution < -0.4 is 4.18 Å². The molecule has 0 aromatic carbocycles. The van der Waals surface area contributed by atoms with Gasteiger partial charge in [-0.3, -0.25) is 4.98 Å². The molecule has 0 saturated carbocycles. The van der Waals surface area contributed by atoms with Crippen molar-refractivity contribution in [1.29, 1.82) is 0 Å². The molecule has 0 radical (unpaired) electrons. The molecule has 0 saturated heterocycles. The van der Waals surface area contributed by atoms with Crippen LogP contribution in [0.15, 0.2) is 18.5 Å². The average molecular weight is 271 g/mol. The molecule has 94 valence electrons. The lowest BCUT2D eigenvalue weighted by atomic mass is 10.3. The Balaban J connectivity index is 3.05. The Morgan fingerprint density at radius 2 is 1.94 bits per heavy atom. The summed E-state index contributed by atoms with van der Waals surface area (Å²) >= 11 is 0. The highest BCUT2D eigenvalue weighted by Crippen LogP contribution is 2.26. The van der Waals surface area contributed by atoms with E-state index in [1.807, 2.05) is 0 Å². The first-order valence-electron chi connectivity index (χ1n) is 3.82. The Hall–Kier alpha value is -1.84. The molecule has 17 heavy (non-hydrogen) atoms. The summed E-state index contributed by atoms with van der Waals surface area (Å²) in [6.45, 7) is 0. The zero-order valence-electron chi connectivity index (χ0n) is 7.80. The van der Waals surface area contributed by atoms with E-state index in [9.17, 15) is 26.4 Å². The van der Waals surface area contributed by atoms with E-state index in [1.165, 1.54) is 0 Å². The second-order valence-electron chi connectivity index (χ2n) is 2.70. The molecule has 0 bridgehead atoms. The summed E-state index contributed by atoms with van der Waals surface area (Å²) in [5.74, 6) is -2.31. The molecule has 0 spiro atoms. The molecule has 0 amide bonds. The maximum Gasteiger partial charge on any atom is 0.534 e. The Morgan fingerprint density at radius 3 is 2.41 bits per heavy atom. The molecule has 1 rings (SSSR count). The Kier molecular flexibility index (Phi) is 3.27. The normalized spacial score (nSPS) is 12.2. The van der Waals surface area contributed by atoms with Gasteiger partial charge >= 0.3 is 21.6 Å². The van der Waals surface area contributed by atoms with Crippen molar-refractivity contribution >= 4 is 16.1 Å². The highest BCUT2D eigenvalue weighted by atomic mass is 32.2. The summed E-state index contributed by atoms with van der Waals surface area (Å²) in [5, 5.41) is 8.50. The number of aromatic nitrogens is 1. The van der Waals surface area contributed by atoms with Crippen molar-refractivity contribution in [2.45, 2.75) is 5.51 Å². The third-order valence-corrected chi connectivity index (χ3v) is 2.43. The lowest BCUT2D eigenvalue weighted by Crippen LogP contribution is -2.28. The van der Waals surface area contributed by atoms with E-state index in [4.69, 9.17) is 5.11 Å². The minimum absolute atomic E-state index is 0.500. The first-order valence-corrected chi connectivity index (χ1v) is 5.23. The van der Waals surface area contributed by atoms with Crippen molar-refractivity contribution in [3.8, 4) is 5.75 Å². The molecule has 0 aliphatic carbocycles. The van der Waals surface area contributed by atoms with Gasteiger partial charge in [0.15, 0.2) is 5.75 Å². The quantitative estimate of drug-likeness (QED) is 0.651. The van der Waals surface area contributed by atoms with Gasteiger partial charge in [0.05, 0.1) is 11.8 Å². The van der Waals surface area contributed by atoms with Gasteiger partial charge < -0.3 is 9.29 Å². The third kappa shape index (κ3) is 3.06. The van der Waals surface area contributed by atoms with E-state index in [0.29, 0.717) is 12.3 Å². The molecule has 1 aromatic heterocycles. The summed E-state index contributed by atoms with van der Waals surface area (Å²) in [4.78, 5) is 13.7. The van der Waals surface area contributed by atoms with Gasteiger partial charge in [0.25, 0.3) is 0 Å². The largest absolute Gasteiger partial charge is 0.534 e. The molecule has 1 aromatic rings. The second kappa shape index (κ2) is 4.20. The summed E-state index contributed by atoms with van der Waals surface area (Å²) in [6, 6.07) is 0.610. The van der Waals surface area contributed by atoms with Crippen molar-refractivity contribution in [3.05, 3.63) is 24.0 Å². The third-order valence-electron chi connectivity index (χ3n) is 1.45. The minimum Gasteiger partial charge on any atom is -0.478 e. The molecule has 0 fully saturated rings. The van der Waals surface area contributed by atoms with Crippen LogP contribution >= 0.6 is 0 Å².